The van der Waals surface area contributed by atoms with Crippen LogP contribution in [0, 0.1) is 29.1 Å². The molecule has 2 aliphatic rings. The molecule has 0 bridgehead atoms. The average Bonchev–Trinajstić information content (AvgIpc) is 2.79. The van der Waals surface area contributed by atoms with Crippen molar-refractivity contribution in [1.82, 2.24) is 4.90 Å². The molecule has 3 atom stereocenters. The first-order valence-electron chi connectivity index (χ1n) is 6.86. The molecule has 2 rings (SSSR count). The summed E-state index contributed by atoms with van der Waals surface area (Å²) in [6.45, 7) is 2.27. The van der Waals surface area contributed by atoms with Crippen LogP contribution in [0.25, 0.3) is 0 Å². The standard InChI is InChI=1S/C15H24NOTe/c1-11(16(2)3)12-7-6-10-14(12)18-15-9-5-4-8-13(15)17/h6-7,10-11,13,15,17H,4-5,8-9H2,1-3H3/t11-,13+,15+/m0/s1. The molecule has 0 spiro atoms. The van der Waals surface area contributed by atoms with E-state index < -0.39 is 0 Å². The summed E-state index contributed by atoms with van der Waals surface area (Å²) in [7, 11) is 4.27. The van der Waals surface area contributed by atoms with Gasteiger partial charge in [-0.25, -0.2) is 0 Å². The summed E-state index contributed by atoms with van der Waals surface area (Å²) >= 11 is -0.254. The zero-order chi connectivity index (χ0) is 13.1. The molecular weight excluding hydrogens is 338 g/mol. The summed E-state index contributed by atoms with van der Waals surface area (Å²) in [6.07, 6.45) is 11.5. The molecule has 0 aromatic rings. The molecule has 5 radical (unpaired) electrons. The molecule has 2 nitrogen and oxygen atoms in total. The van der Waals surface area contributed by atoms with Crippen LogP contribution in [0.5, 0.6) is 0 Å². The Morgan fingerprint density at radius 1 is 1.28 bits per heavy atom. The van der Waals surface area contributed by atoms with Crippen LogP contribution in [0.2, 0.25) is 3.97 Å². The molecule has 3 heteroatoms. The number of hydrogen-bond donors (Lipinski definition) is 1. The van der Waals surface area contributed by atoms with Crippen LogP contribution < -0.4 is 0 Å². The summed E-state index contributed by atoms with van der Waals surface area (Å²) in [6, 6.07) is 0.487. The molecule has 0 aliphatic heterocycles. The Morgan fingerprint density at radius 2 is 2.00 bits per heavy atom. The SMILES string of the molecule is C[C@@H]([C]1[CH][CH][CH][C]1[Te][C@@H]1CCCC[C@H]1O)N(C)C. The van der Waals surface area contributed by atoms with Gasteiger partial charge in [-0.3, -0.25) is 0 Å². The van der Waals surface area contributed by atoms with E-state index in [-0.39, 0.29) is 27.0 Å². The fourth-order valence-electron chi connectivity index (χ4n) is 2.53. The molecule has 0 saturated heterocycles. The minimum absolute atomic E-state index is 0.0291. The van der Waals surface area contributed by atoms with Gasteiger partial charge in [0, 0.05) is 0 Å². The Hall–Kier alpha value is 0.710. The summed E-state index contributed by atoms with van der Waals surface area (Å²) in [5, 5.41) is 10.1. The summed E-state index contributed by atoms with van der Waals surface area (Å²) < 4.78 is 2.16. The molecule has 0 amide bonds. The van der Waals surface area contributed by atoms with Gasteiger partial charge in [0.15, 0.2) is 0 Å². The molecular formula is C15H24NOTe. The van der Waals surface area contributed by atoms with Gasteiger partial charge in [-0.1, -0.05) is 0 Å². The van der Waals surface area contributed by atoms with Crippen molar-refractivity contribution in [2.24, 2.45) is 0 Å². The van der Waals surface area contributed by atoms with Crippen LogP contribution in [0.3, 0.4) is 0 Å². The molecule has 1 N–H and O–H groups in total. The number of aliphatic hydroxyl groups is 1. The number of hydrogen-bond acceptors (Lipinski definition) is 2. The van der Waals surface area contributed by atoms with Crippen molar-refractivity contribution >= 4 is 20.9 Å². The molecule has 0 unspecified atom stereocenters. The van der Waals surface area contributed by atoms with Gasteiger partial charge in [0.05, 0.1) is 0 Å². The van der Waals surface area contributed by atoms with Gasteiger partial charge in [-0.15, -0.1) is 0 Å². The zero-order valence-electron chi connectivity index (χ0n) is 11.6. The first-order valence-corrected chi connectivity index (χ1v) is 9.37. The molecule has 0 aromatic heterocycles. The van der Waals surface area contributed by atoms with E-state index in [9.17, 15) is 5.11 Å². The van der Waals surface area contributed by atoms with Crippen molar-refractivity contribution in [3.05, 3.63) is 29.1 Å². The predicted molar refractivity (Wildman–Crippen MR) is 76.5 cm³/mol. The number of nitrogens with zero attached hydrogens (tertiary/aromatic N) is 1. The summed E-state index contributed by atoms with van der Waals surface area (Å²) in [4.78, 5) is 2.27. The molecule has 0 heterocycles. The number of aliphatic hydroxyl groups excluding tert-OH is 1. The normalized spacial score (nSPS) is 33.2. The Morgan fingerprint density at radius 3 is 2.67 bits per heavy atom. The first-order chi connectivity index (χ1) is 8.59. The van der Waals surface area contributed by atoms with Crippen LogP contribution in [-0.2, 0) is 0 Å². The van der Waals surface area contributed by atoms with E-state index >= 15 is 0 Å². The van der Waals surface area contributed by atoms with Crippen molar-refractivity contribution in [1.29, 1.82) is 0 Å². The third-order valence-corrected chi connectivity index (χ3v) is 8.20. The van der Waals surface area contributed by atoms with Gasteiger partial charge in [-0.05, 0) is 0 Å². The minimum atomic E-state index is -0.254. The van der Waals surface area contributed by atoms with Crippen LogP contribution in [0.1, 0.15) is 32.6 Å². The van der Waals surface area contributed by atoms with E-state index in [4.69, 9.17) is 0 Å². The fraction of sp³-hybridized carbons (Fsp3) is 0.667. The predicted octanol–water partition coefficient (Wildman–Crippen LogP) is 2.10. The topological polar surface area (TPSA) is 23.5 Å². The maximum absolute atomic E-state index is 10.1. The molecule has 101 valence electrons. The maximum atomic E-state index is 10.1. The number of rotatable bonds is 4. The van der Waals surface area contributed by atoms with Crippen molar-refractivity contribution in [3.8, 4) is 0 Å². The van der Waals surface area contributed by atoms with Crippen molar-refractivity contribution in [2.75, 3.05) is 14.1 Å². The Kier molecular flexibility index (Phi) is 5.82. The average molecular weight is 362 g/mol. The van der Waals surface area contributed by atoms with Gasteiger partial charge in [0.25, 0.3) is 0 Å². The van der Waals surface area contributed by atoms with Crippen molar-refractivity contribution in [2.45, 2.75) is 48.7 Å². The molecule has 2 saturated carbocycles. The van der Waals surface area contributed by atoms with Crippen LogP contribution >= 0.6 is 0 Å². The van der Waals surface area contributed by atoms with Crippen LogP contribution in [0.15, 0.2) is 0 Å². The van der Waals surface area contributed by atoms with E-state index in [1.807, 2.05) is 0 Å². The molecule has 18 heavy (non-hydrogen) atoms. The van der Waals surface area contributed by atoms with Crippen LogP contribution in [-0.4, -0.2) is 57.2 Å². The summed E-state index contributed by atoms with van der Waals surface area (Å²) in [5.41, 5.74) is 0. The van der Waals surface area contributed by atoms with Crippen LogP contribution in [0.4, 0.5) is 0 Å². The van der Waals surface area contributed by atoms with Crippen molar-refractivity contribution < 1.29 is 5.11 Å². The van der Waals surface area contributed by atoms with E-state index in [1.54, 1.807) is 3.97 Å². The second kappa shape index (κ2) is 6.93. The van der Waals surface area contributed by atoms with E-state index in [2.05, 4.69) is 45.2 Å². The summed E-state index contributed by atoms with van der Waals surface area (Å²) in [5.74, 6) is 1.49. The second-order valence-corrected chi connectivity index (χ2v) is 9.15. The Bertz CT molecular complexity index is 259. The third kappa shape index (κ3) is 3.63. The first kappa shape index (κ1) is 15.1. The van der Waals surface area contributed by atoms with E-state index in [0.29, 0.717) is 10.0 Å². The van der Waals surface area contributed by atoms with Gasteiger partial charge in [0.2, 0.25) is 0 Å². The van der Waals surface area contributed by atoms with Gasteiger partial charge >= 0.3 is 123 Å². The Labute approximate surface area is 123 Å². The fourth-order valence-corrected chi connectivity index (χ4v) is 6.62. The zero-order valence-corrected chi connectivity index (χ0v) is 13.9. The van der Waals surface area contributed by atoms with Gasteiger partial charge in [-0.2, -0.15) is 0 Å². The van der Waals surface area contributed by atoms with Gasteiger partial charge in [0.1, 0.15) is 0 Å². The second-order valence-electron chi connectivity index (χ2n) is 5.49. The van der Waals surface area contributed by atoms with E-state index in [0.717, 1.165) is 6.42 Å². The monoisotopic (exact) mass is 364 g/mol. The van der Waals surface area contributed by atoms with Crippen molar-refractivity contribution in [3.63, 3.8) is 0 Å². The molecule has 2 fully saturated rings. The Balaban J connectivity index is 1.90. The molecule has 0 aromatic carbocycles. The quantitative estimate of drug-likeness (QED) is 0.775. The third-order valence-electron chi connectivity index (χ3n) is 3.98. The van der Waals surface area contributed by atoms with Gasteiger partial charge < -0.3 is 0 Å². The molecule has 2 aliphatic carbocycles. The van der Waals surface area contributed by atoms with E-state index in [1.165, 1.54) is 25.2 Å².